The lowest BCUT2D eigenvalue weighted by atomic mass is 10.1. The molecule has 0 bridgehead atoms. The monoisotopic (exact) mass is 283 g/mol. The van der Waals surface area contributed by atoms with Gasteiger partial charge in [0.2, 0.25) is 0 Å². The Balaban J connectivity index is 1.72. The highest BCUT2D eigenvalue weighted by Gasteiger charge is 2.21. The van der Waals surface area contributed by atoms with Gasteiger partial charge in [-0.25, -0.2) is 0 Å². The summed E-state index contributed by atoms with van der Waals surface area (Å²) in [6.07, 6.45) is 3.93. The predicted molar refractivity (Wildman–Crippen MR) is 80.8 cm³/mol. The summed E-state index contributed by atoms with van der Waals surface area (Å²) < 4.78 is 11.0. The molecule has 0 fully saturated rings. The molecule has 3 unspecified atom stereocenters. The average molecular weight is 283 g/mol. The summed E-state index contributed by atoms with van der Waals surface area (Å²) in [6, 6.07) is 9.13. The molecule has 18 heavy (non-hydrogen) atoms. The molecule has 0 amide bonds. The number of nitrogens with one attached hydrogen (secondary N) is 1. The Bertz CT molecular complexity index is 397. The number of hydrogen-bond acceptors (Lipinski definition) is 3. The van der Waals surface area contributed by atoms with E-state index in [4.69, 9.17) is 0 Å². The summed E-state index contributed by atoms with van der Waals surface area (Å²) in [5.74, 6) is 0.798. The van der Waals surface area contributed by atoms with Gasteiger partial charge in [0, 0.05) is 45.5 Å². The summed E-state index contributed by atoms with van der Waals surface area (Å²) in [6.45, 7) is 3.22. The molecule has 1 aromatic carbocycles. The van der Waals surface area contributed by atoms with E-state index >= 15 is 0 Å². The molecule has 1 aliphatic rings. The van der Waals surface area contributed by atoms with Crippen LogP contribution in [0.3, 0.4) is 0 Å². The van der Waals surface area contributed by atoms with E-state index in [1.54, 1.807) is 6.26 Å². The van der Waals surface area contributed by atoms with Gasteiger partial charge in [-0.2, -0.15) is 0 Å². The first kappa shape index (κ1) is 14.1. The van der Waals surface area contributed by atoms with Crippen molar-refractivity contribution in [3.8, 4) is 0 Å². The van der Waals surface area contributed by atoms with Crippen LogP contribution in [-0.4, -0.2) is 34.1 Å². The predicted octanol–water partition coefficient (Wildman–Crippen LogP) is 2.45. The first-order valence-corrected chi connectivity index (χ1v) is 9.04. The second-order valence-corrected chi connectivity index (χ2v) is 7.82. The van der Waals surface area contributed by atoms with E-state index in [2.05, 4.69) is 36.5 Å². The average Bonchev–Trinajstić information content (AvgIpc) is 2.76. The zero-order valence-electron chi connectivity index (χ0n) is 11.0. The van der Waals surface area contributed by atoms with Gasteiger partial charge in [0.25, 0.3) is 0 Å². The highest BCUT2D eigenvalue weighted by molar-refractivity contribution is 8.00. The highest BCUT2D eigenvalue weighted by Crippen LogP contribution is 2.36. The Labute approximate surface area is 116 Å². The van der Waals surface area contributed by atoms with Crippen LogP contribution in [0.25, 0.3) is 0 Å². The van der Waals surface area contributed by atoms with Crippen molar-refractivity contribution in [2.45, 2.75) is 36.0 Å². The number of benzene rings is 1. The third-order valence-corrected chi connectivity index (χ3v) is 5.38. The Morgan fingerprint density at radius 1 is 1.50 bits per heavy atom. The van der Waals surface area contributed by atoms with Crippen LogP contribution in [0.2, 0.25) is 0 Å². The fraction of sp³-hybridized carbons (Fsp3) is 0.571. The first-order valence-electron chi connectivity index (χ1n) is 6.43. The second-order valence-electron chi connectivity index (χ2n) is 4.93. The highest BCUT2D eigenvalue weighted by atomic mass is 32.2. The minimum atomic E-state index is -0.669. The van der Waals surface area contributed by atoms with Gasteiger partial charge in [-0.15, -0.1) is 11.8 Å². The molecule has 2 rings (SSSR count). The van der Waals surface area contributed by atoms with Gasteiger partial charge in [0.1, 0.15) is 0 Å². The van der Waals surface area contributed by atoms with Gasteiger partial charge in [0.05, 0.1) is 0 Å². The second kappa shape index (κ2) is 6.73. The molecule has 0 saturated heterocycles. The van der Waals surface area contributed by atoms with Crippen LogP contribution in [0, 0.1) is 0 Å². The quantitative estimate of drug-likeness (QED) is 0.869. The fourth-order valence-electron chi connectivity index (χ4n) is 2.15. The van der Waals surface area contributed by atoms with Crippen molar-refractivity contribution in [3.05, 3.63) is 29.8 Å². The van der Waals surface area contributed by atoms with Crippen LogP contribution in [0.15, 0.2) is 29.2 Å². The van der Waals surface area contributed by atoms with Gasteiger partial charge in [-0.3, -0.25) is 4.21 Å². The third-order valence-electron chi connectivity index (χ3n) is 3.25. The summed E-state index contributed by atoms with van der Waals surface area (Å²) in [5.41, 5.74) is 1.48. The van der Waals surface area contributed by atoms with Crippen LogP contribution in [0.5, 0.6) is 0 Å². The van der Waals surface area contributed by atoms with Crippen LogP contribution >= 0.6 is 11.8 Å². The summed E-state index contributed by atoms with van der Waals surface area (Å²) in [7, 11) is -0.669. The normalized spacial score (nSPS) is 21.6. The maximum atomic E-state index is 11.0. The lowest BCUT2D eigenvalue weighted by molar-refractivity contribution is 0.531. The largest absolute Gasteiger partial charge is 0.313 e. The van der Waals surface area contributed by atoms with E-state index in [1.165, 1.54) is 16.9 Å². The molecule has 1 N–H and O–H groups in total. The molecular formula is C14H21NOS2. The van der Waals surface area contributed by atoms with Crippen molar-refractivity contribution in [2.24, 2.45) is 0 Å². The van der Waals surface area contributed by atoms with Crippen molar-refractivity contribution in [3.63, 3.8) is 0 Å². The standard InChI is InChI=1S/C14H21NOS2/c1-11(7-8-18(2)16)15-10-13-9-12-5-3-4-6-14(12)17-13/h3-6,11,13,15H,7-10H2,1-2H3. The molecule has 0 spiro atoms. The Hall–Kier alpha value is -0.320. The number of rotatable bonds is 6. The molecule has 4 heteroatoms. The zero-order chi connectivity index (χ0) is 13.0. The Morgan fingerprint density at radius 2 is 2.28 bits per heavy atom. The third kappa shape index (κ3) is 4.11. The molecule has 0 aliphatic carbocycles. The van der Waals surface area contributed by atoms with Gasteiger partial charge >= 0.3 is 0 Å². The van der Waals surface area contributed by atoms with Crippen molar-refractivity contribution in [2.75, 3.05) is 18.6 Å². The number of hydrogen-bond donors (Lipinski definition) is 1. The number of thioether (sulfide) groups is 1. The lowest BCUT2D eigenvalue weighted by Crippen LogP contribution is -2.33. The summed E-state index contributed by atoms with van der Waals surface area (Å²) in [4.78, 5) is 1.44. The molecule has 1 aromatic rings. The van der Waals surface area contributed by atoms with Crippen molar-refractivity contribution >= 4 is 22.6 Å². The van der Waals surface area contributed by atoms with E-state index in [-0.39, 0.29) is 0 Å². The smallest absolute Gasteiger partial charge is 0.0260 e. The maximum Gasteiger partial charge on any atom is 0.0260 e. The lowest BCUT2D eigenvalue weighted by Gasteiger charge is -2.16. The van der Waals surface area contributed by atoms with Crippen molar-refractivity contribution in [1.82, 2.24) is 5.32 Å². The van der Waals surface area contributed by atoms with Crippen LogP contribution in [-0.2, 0) is 17.2 Å². The topological polar surface area (TPSA) is 29.1 Å². The fourth-order valence-corrected chi connectivity index (χ4v) is 4.09. The van der Waals surface area contributed by atoms with Gasteiger partial charge in [0.15, 0.2) is 0 Å². The molecular weight excluding hydrogens is 262 g/mol. The van der Waals surface area contributed by atoms with E-state index < -0.39 is 10.8 Å². The van der Waals surface area contributed by atoms with E-state index in [1.807, 2.05) is 11.8 Å². The van der Waals surface area contributed by atoms with Gasteiger partial charge in [-0.05, 0) is 31.4 Å². The molecule has 3 atom stereocenters. The van der Waals surface area contributed by atoms with Crippen LogP contribution in [0.1, 0.15) is 18.9 Å². The minimum Gasteiger partial charge on any atom is -0.313 e. The molecule has 2 nitrogen and oxygen atoms in total. The van der Waals surface area contributed by atoms with Gasteiger partial charge < -0.3 is 5.32 Å². The molecule has 0 aromatic heterocycles. The van der Waals surface area contributed by atoms with Crippen LogP contribution in [0.4, 0.5) is 0 Å². The van der Waals surface area contributed by atoms with Crippen LogP contribution < -0.4 is 5.32 Å². The molecule has 100 valence electrons. The van der Waals surface area contributed by atoms with E-state index in [0.29, 0.717) is 11.3 Å². The van der Waals surface area contributed by atoms with E-state index in [9.17, 15) is 4.21 Å². The van der Waals surface area contributed by atoms with Crippen molar-refractivity contribution in [1.29, 1.82) is 0 Å². The minimum absolute atomic E-state index is 0.457. The van der Waals surface area contributed by atoms with Crippen molar-refractivity contribution < 1.29 is 4.21 Å². The summed E-state index contributed by atoms with van der Waals surface area (Å²) >= 11 is 1.98. The van der Waals surface area contributed by atoms with Gasteiger partial charge in [-0.1, -0.05) is 18.2 Å². The molecule has 0 radical (unpaired) electrons. The maximum absolute atomic E-state index is 11.0. The molecule has 0 saturated carbocycles. The Morgan fingerprint density at radius 3 is 3.00 bits per heavy atom. The molecule has 1 heterocycles. The number of fused-ring (bicyclic) bond motifs is 1. The molecule has 1 aliphatic heterocycles. The van der Waals surface area contributed by atoms with E-state index in [0.717, 1.165) is 18.7 Å². The zero-order valence-corrected chi connectivity index (χ0v) is 12.7. The first-order chi connectivity index (χ1) is 8.65. The summed E-state index contributed by atoms with van der Waals surface area (Å²) in [5, 5.41) is 4.21. The SMILES string of the molecule is CC(CCS(C)=O)NCC1Cc2ccccc2S1. The Kier molecular flexibility index (Phi) is 5.27.